The highest BCUT2D eigenvalue weighted by Gasteiger charge is 2.22. The Balaban J connectivity index is 0.00000898. The number of aliphatic hydroxyl groups is 2. The van der Waals surface area contributed by atoms with Gasteiger partial charge >= 0.3 is 0 Å². The summed E-state index contributed by atoms with van der Waals surface area (Å²) in [5.74, 6) is 0.987. The van der Waals surface area contributed by atoms with Gasteiger partial charge in [0.2, 0.25) is 0 Å². The van der Waals surface area contributed by atoms with Crippen molar-refractivity contribution in [2.75, 3.05) is 107 Å². The number of aromatic amines is 3. The zero-order valence-corrected chi connectivity index (χ0v) is 39.6. The first-order valence-electron chi connectivity index (χ1n) is 22.5. The standard InChI is InChI=1S/C48H71N5O10.ClH/c1-7-35-36(8-2)40-28-42-38(12-10-14-55)34(4)46(53-42)32-50-44-30-48(63-26-24-61-22-20-59-18-16-57-6)47(62-25-23-60-21-19-58-17-15-56-5)29-43(44)49-31-45-33(3)37(11-9-13-54)41(52-45)27-39(35)51-40;/h29-32,51-55H,7-28H2,1-6H3;1H. The third kappa shape index (κ3) is 15.0. The van der Waals surface area contributed by atoms with Gasteiger partial charge in [0.05, 0.1) is 101 Å². The molecule has 0 spiro atoms. The molecule has 5 N–H and O–H groups in total. The van der Waals surface area contributed by atoms with E-state index in [2.05, 4.69) is 42.6 Å². The van der Waals surface area contributed by atoms with Crippen LogP contribution in [0, 0.1) is 13.8 Å². The molecule has 0 atom stereocenters. The predicted molar refractivity (Wildman–Crippen MR) is 253 cm³/mol. The lowest BCUT2D eigenvalue weighted by Crippen LogP contribution is -2.14. The zero-order valence-electron chi connectivity index (χ0n) is 38.8. The van der Waals surface area contributed by atoms with E-state index in [-0.39, 0.29) is 38.8 Å². The fourth-order valence-corrected chi connectivity index (χ4v) is 7.98. The summed E-state index contributed by atoms with van der Waals surface area (Å²) in [5, 5.41) is 19.8. The molecule has 0 saturated heterocycles. The van der Waals surface area contributed by atoms with Crippen molar-refractivity contribution in [2.24, 2.45) is 9.98 Å². The fourth-order valence-electron chi connectivity index (χ4n) is 7.98. The minimum atomic E-state index is 0. The van der Waals surface area contributed by atoms with Crippen molar-refractivity contribution in [1.82, 2.24) is 15.0 Å². The highest BCUT2D eigenvalue weighted by Crippen LogP contribution is 2.41. The molecular weight excluding hydrogens is 842 g/mol. The van der Waals surface area contributed by atoms with Crippen LogP contribution in [0.25, 0.3) is 0 Å². The van der Waals surface area contributed by atoms with Crippen molar-refractivity contribution in [2.45, 2.75) is 79.1 Å². The van der Waals surface area contributed by atoms with Gasteiger partial charge in [-0.3, -0.25) is 9.98 Å². The van der Waals surface area contributed by atoms with Gasteiger partial charge in [-0.25, -0.2) is 0 Å². The Morgan fingerprint density at radius 1 is 0.516 bits per heavy atom. The number of hydrogen-bond donors (Lipinski definition) is 5. The summed E-state index contributed by atoms with van der Waals surface area (Å²) < 4.78 is 45.4. The van der Waals surface area contributed by atoms with E-state index < -0.39 is 0 Å². The van der Waals surface area contributed by atoms with Crippen LogP contribution in [0.15, 0.2) is 22.1 Å². The Kier molecular flexibility index (Phi) is 23.7. The lowest BCUT2D eigenvalue weighted by atomic mass is 9.97. The van der Waals surface area contributed by atoms with Crippen molar-refractivity contribution in [3.63, 3.8) is 0 Å². The summed E-state index contributed by atoms with van der Waals surface area (Å²) in [6.07, 6.45) is 9.72. The number of aromatic nitrogens is 3. The van der Waals surface area contributed by atoms with Crippen LogP contribution in [-0.4, -0.2) is 144 Å². The van der Waals surface area contributed by atoms with Gasteiger partial charge in [0, 0.05) is 75.2 Å². The third-order valence-electron chi connectivity index (χ3n) is 11.3. The van der Waals surface area contributed by atoms with Crippen molar-refractivity contribution < 1.29 is 48.1 Å². The predicted octanol–water partition coefficient (Wildman–Crippen LogP) is 6.80. The Morgan fingerprint density at radius 3 is 1.23 bits per heavy atom. The van der Waals surface area contributed by atoms with Gasteiger partial charge in [0.25, 0.3) is 0 Å². The van der Waals surface area contributed by atoms with Gasteiger partial charge in [-0.2, -0.15) is 0 Å². The maximum atomic E-state index is 9.88. The summed E-state index contributed by atoms with van der Waals surface area (Å²) >= 11 is 0. The Morgan fingerprint density at radius 2 is 0.875 bits per heavy atom. The lowest BCUT2D eigenvalue weighted by Gasteiger charge is -2.15. The molecule has 5 rings (SSSR count). The Labute approximate surface area is 385 Å². The molecule has 64 heavy (non-hydrogen) atoms. The van der Waals surface area contributed by atoms with Crippen LogP contribution in [0.3, 0.4) is 0 Å². The molecule has 1 aliphatic rings. The molecule has 0 amide bonds. The van der Waals surface area contributed by atoms with E-state index in [1.54, 1.807) is 14.2 Å². The number of aliphatic hydroxyl groups excluding tert-OH is 2. The molecule has 1 aliphatic heterocycles. The number of nitrogens with one attached hydrogen (secondary N) is 3. The molecule has 356 valence electrons. The first-order chi connectivity index (χ1) is 30.9. The molecule has 0 radical (unpaired) electrons. The van der Waals surface area contributed by atoms with Crippen LogP contribution < -0.4 is 9.47 Å². The van der Waals surface area contributed by atoms with E-state index >= 15 is 0 Å². The summed E-state index contributed by atoms with van der Waals surface area (Å²) in [6.45, 7) is 14.0. The van der Waals surface area contributed by atoms with Crippen LogP contribution in [0.4, 0.5) is 11.4 Å². The minimum Gasteiger partial charge on any atom is -0.487 e. The summed E-state index contributed by atoms with van der Waals surface area (Å²) in [4.78, 5) is 21.5. The molecular formula is C48H72ClN5O10. The van der Waals surface area contributed by atoms with Crippen molar-refractivity contribution in [1.29, 1.82) is 0 Å². The zero-order chi connectivity index (χ0) is 44.8. The van der Waals surface area contributed by atoms with Gasteiger partial charge in [-0.1, -0.05) is 13.8 Å². The highest BCUT2D eigenvalue weighted by atomic mass is 35.5. The number of methoxy groups -OCH3 is 2. The van der Waals surface area contributed by atoms with E-state index in [9.17, 15) is 10.2 Å². The molecule has 0 fully saturated rings. The number of halogens is 1. The van der Waals surface area contributed by atoms with E-state index in [1.807, 2.05) is 24.6 Å². The second-order valence-corrected chi connectivity index (χ2v) is 15.4. The molecule has 0 unspecified atom stereocenters. The van der Waals surface area contributed by atoms with Crippen molar-refractivity contribution in [3.8, 4) is 11.5 Å². The van der Waals surface area contributed by atoms with Gasteiger partial charge in [0.15, 0.2) is 11.5 Å². The normalized spacial score (nSPS) is 12.4. The highest BCUT2D eigenvalue weighted by molar-refractivity contribution is 5.88. The molecule has 6 bridgehead atoms. The number of hydrogen-bond acceptors (Lipinski definition) is 12. The topological polar surface area (TPSA) is 186 Å². The van der Waals surface area contributed by atoms with Crippen LogP contribution in [0.1, 0.15) is 94.2 Å². The third-order valence-corrected chi connectivity index (χ3v) is 11.3. The largest absolute Gasteiger partial charge is 0.487 e. The summed E-state index contributed by atoms with van der Waals surface area (Å²) in [6, 6.07) is 3.72. The van der Waals surface area contributed by atoms with E-state index in [0.717, 1.165) is 59.6 Å². The number of nitrogens with zero attached hydrogens (tertiary/aromatic N) is 2. The second-order valence-electron chi connectivity index (χ2n) is 15.4. The van der Waals surface area contributed by atoms with Gasteiger partial charge in [0.1, 0.15) is 13.2 Å². The number of fused-ring (bicyclic) bond motifs is 7. The molecule has 1 aromatic carbocycles. The van der Waals surface area contributed by atoms with E-state index in [0.29, 0.717) is 115 Å². The van der Waals surface area contributed by atoms with Gasteiger partial charge in [-0.15, -0.1) is 12.4 Å². The van der Waals surface area contributed by atoms with Crippen LogP contribution in [0.2, 0.25) is 0 Å². The van der Waals surface area contributed by atoms with E-state index in [4.69, 9.17) is 47.9 Å². The first kappa shape index (κ1) is 52.6. The van der Waals surface area contributed by atoms with Gasteiger partial charge < -0.3 is 63.1 Å². The monoisotopic (exact) mass is 913 g/mol. The molecule has 0 saturated carbocycles. The molecule has 0 aliphatic carbocycles. The summed E-state index contributed by atoms with van der Waals surface area (Å²) in [5.41, 5.74) is 14.9. The molecule has 16 heteroatoms. The number of benzene rings is 1. The lowest BCUT2D eigenvalue weighted by molar-refractivity contribution is 0.0160. The number of H-pyrrole nitrogens is 3. The number of rotatable bonds is 28. The average molecular weight is 915 g/mol. The molecule has 4 aromatic rings. The Bertz CT molecular complexity index is 1900. The summed E-state index contributed by atoms with van der Waals surface area (Å²) in [7, 11) is 3.29. The van der Waals surface area contributed by atoms with Crippen LogP contribution in [0.5, 0.6) is 11.5 Å². The van der Waals surface area contributed by atoms with Crippen LogP contribution in [-0.2, 0) is 66.9 Å². The average Bonchev–Trinajstić information content (AvgIpc) is 3.89. The Hall–Kier alpha value is -4.03. The molecule has 3 aromatic heterocycles. The quantitative estimate of drug-likeness (QED) is 0.0335. The fraction of sp³-hybridized carbons (Fsp3) is 0.583. The maximum Gasteiger partial charge on any atom is 0.163 e. The smallest absolute Gasteiger partial charge is 0.163 e. The second kappa shape index (κ2) is 28.8. The van der Waals surface area contributed by atoms with E-state index in [1.165, 1.54) is 33.6 Å². The maximum absolute atomic E-state index is 9.88. The van der Waals surface area contributed by atoms with Crippen molar-refractivity contribution in [3.05, 3.63) is 79.7 Å². The SMILES string of the molecule is CCc1c2[nH]c(c1CC)Cc1[nH]c(c(C)c1CCCO)C=Nc1cc(OCCOCCOCCOC)c(OCCOCCOCCOC)cc1N=Cc1[nH]c(c(CCCO)c1C)C2.Cl. The first-order valence-corrected chi connectivity index (χ1v) is 22.5. The molecule has 4 heterocycles. The molecule has 15 nitrogen and oxygen atoms in total. The minimum absolute atomic E-state index is 0. The van der Waals surface area contributed by atoms with Crippen LogP contribution >= 0.6 is 12.4 Å². The van der Waals surface area contributed by atoms with Crippen molar-refractivity contribution >= 4 is 36.2 Å². The van der Waals surface area contributed by atoms with Gasteiger partial charge in [-0.05, 0) is 85.8 Å². The number of ether oxygens (including phenoxy) is 8. The number of aliphatic imine (C=N–C) groups is 2.